The lowest BCUT2D eigenvalue weighted by Crippen LogP contribution is -2.29. The van der Waals surface area contributed by atoms with Crippen molar-refractivity contribution in [3.05, 3.63) is 12.7 Å². The number of carboxylic acid groups (broad SMARTS) is 1. The first-order chi connectivity index (χ1) is 12.6. The minimum Gasteiger partial charge on any atom is -0.481 e. The standard InChI is InChI=1S/C22H42O4/c1-3-5-6-7-10-13-16-20(23)21(26-19-4-2)17-14-11-8-9-12-15-18-22(24)25/h4,20-21,23H,2-3,5-19H2,1H3,(H,24,25). The molecular formula is C22H42O4. The van der Waals surface area contributed by atoms with E-state index in [0.717, 1.165) is 57.8 Å². The number of hydrogen-bond acceptors (Lipinski definition) is 3. The Morgan fingerprint density at radius 2 is 1.46 bits per heavy atom. The molecule has 0 amide bonds. The second-order valence-electron chi connectivity index (χ2n) is 7.34. The Bertz CT molecular complexity index is 330. The van der Waals surface area contributed by atoms with Crippen LogP contribution in [0.3, 0.4) is 0 Å². The molecule has 0 rings (SSSR count). The fourth-order valence-electron chi connectivity index (χ4n) is 3.23. The zero-order chi connectivity index (χ0) is 19.5. The molecule has 0 radical (unpaired) electrons. The van der Waals surface area contributed by atoms with Gasteiger partial charge < -0.3 is 14.9 Å². The van der Waals surface area contributed by atoms with Gasteiger partial charge in [-0.15, -0.1) is 6.58 Å². The molecule has 2 atom stereocenters. The monoisotopic (exact) mass is 370 g/mol. The molecule has 0 fully saturated rings. The number of hydrogen-bond donors (Lipinski definition) is 2. The molecular weight excluding hydrogens is 328 g/mol. The SMILES string of the molecule is C=CCOC(CCCCCCCCC(=O)O)C(O)CCCCCCCC. The molecule has 0 aliphatic rings. The van der Waals surface area contributed by atoms with E-state index in [2.05, 4.69) is 13.5 Å². The van der Waals surface area contributed by atoms with Gasteiger partial charge in [0, 0.05) is 6.42 Å². The second-order valence-corrected chi connectivity index (χ2v) is 7.34. The molecule has 0 heterocycles. The molecule has 26 heavy (non-hydrogen) atoms. The molecule has 0 bridgehead atoms. The lowest BCUT2D eigenvalue weighted by atomic mass is 9.99. The van der Waals surface area contributed by atoms with Gasteiger partial charge >= 0.3 is 5.97 Å². The van der Waals surface area contributed by atoms with Crippen molar-refractivity contribution in [2.75, 3.05) is 6.61 Å². The number of rotatable bonds is 20. The molecule has 4 nitrogen and oxygen atoms in total. The van der Waals surface area contributed by atoms with Gasteiger partial charge in [0.05, 0.1) is 18.8 Å². The highest BCUT2D eigenvalue weighted by molar-refractivity contribution is 5.66. The quantitative estimate of drug-likeness (QED) is 0.208. The van der Waals surface area contributed by atoms with Gasteiger partial charge in [-0.2, -0.15) is 0 Å². The summed E-state index contributed by atoms with van der Waals surface area (Å²) in [6.07, 6.45) is 16.8. The summed E-state index contributed by atoms with van der Waals surface area (Å²) in [7, 11) is 0. The molecule has 0 aromatic rings. The van der Waals surface area contributed by atoms with Gasteiger partial charge in [-0.05, 0) is 19.3 Å². The molecule has 2 N–H and O–H groups in total. The summed E-state index contributed by atoms with van der Waals surface area (Å²) >= 11 is 0. The number of unbranched alkanes of at least 4 members (excludes halogenated alkanes) is 10. The zero-order valence-electron chi connectivity index (χ0n) is 17.0. The minimum absolute atomic E-state index is 0.0874. The maximum atomic E-state index is 10.5. The van der Waals surface area contributed by atoms with Crippen molar-refractivity contribution in [3.8, 4) is 0 Å². The Morgan fingerprint density at radius 1 is 0.923 bits per heavy atom. The number of aliphatic hydroxyl groups excluding tert-OH is 1. The summed E-state index contributed by atoms with van der Waals surface area (Å²) in [5.41, 5.74) is 0. The molecule has 0 spiro atoms. The number of carbonyl (C=O) groups is 1. The van der Waals surface area contributed by atoms with Gasteiger partial charge in [-0.3, -0.25) is 4.79 Å². The number of carboxylic acids is 1. The van der Waals surface area contributed by atoms with E-state index in [1.165, 1.54) is 32.1 Å². The van der Waals surface area contributed by atoms with E-state index < -0.39 is 5.97 Å². The smallest absolute Gasteiger partial charge is 0.303 e. The van der Waals surface area contributed by atoms with Crippen LogP contribution in [0.1, 0.15) is 103 Å². The summed E-state index contributed by atoms with van der Waals surface area (Å²) in [4.78, 5) is 10.5. The third-order valence-corrected chi connectivity index (χ3v) is 4.84. The average Bonchev–Trinajstić information content (AvgIpc) is 2.62. The van der Waals surface area contributed by atoms with E-state index >= 15 is 0 Å². The molecule has 0 saturated heterocycles. The van der Waals surface area contributed by atoms with Crippen molar-refractivity contribution in [2.24, 2.45) is 0 Å². The fourth-order valence-corrected chi connectivity index (χ4v) is 3.23. The van der Waals surface area contributed by atoms with Crippen LogP contribution in [0.25, 0.3) is 0 Å². The largest absolute Gasteiger partial charge is 0.481 e. The minimum atomic E-state index is -0.702. The first-order valence-electron chi connectivity index (χ1n) is 10.7. The van der Waals surface area contributed by atoms with Crippen LogP contribution in [0.4, 0.5) is 0 Å². The summed E-state index contributed by atoms with van der Waals surface area (Å²) in [6, 6.07) is 0. The van der Waals surface area contributed by atoms with Crippen LogP contribution in [0.5, 0.6) is 0 Å². The van der Waals surface area contributed by atoms with Crippen LogP contribution in [0.2, 0.25) is 0 Å². The van der Waals surface area contributed by atoms with Crippen LogP contribution in [0.15, 0.2) is 12.7 Å². The Labute approximate surface area is 161 Å². The van der Waals surface area contributed by atoms with Crippen molar-refractivity contribution in [3.63, 3.8) is 0 Å². The lowest BCUT2D eigenvalue weighted by molar-refractivity contribution is -0.137. The molecule has 0 aromatic heterocycles. The van der Waals surface area contributed by atoms with E-state index in [4.69, 9.17) is 9.84 Å². The van der Waals surface area contributed by atoms with Gasteiger partial charge in [0.15, 0.2) is 0 Å². The predicted octanol–water partition coefficient (Wildman–Crippen LogP) is 5.87. The molecule has 154 valence electrons. The molecule has 0 aliphatic carbocycles. The van der Waals surface area contributed by atoms with Crippen LogP contribution in [0, 0.1) is 0 Å². The Hall–Kier alpha value is -0.870. The fraction of sp³-hybridized carbons (Fsp3) is 0.864. The Morgan fingerprint density at radius 3 is 2.04 bits per heavy atom. The van der Waals surface area contributed by atoms with Crippen molar-refractivity contribution in [1.29, 1.82) is 0 Å². The summed E-state index contributed by atoms with van der Waals surface area (Å²) in [6.45, 7) is 6.42. The van der Waals surface area contributed by atoms with Gasteiger partial charge in [0.2, 0.25) is 0 Å². The van der Waals surface area contributed by atoms with Gasteiger partial charge in [0.1, 0.15) is 0 Å². The van der Waals surface area contributed by atoms with Crippen molar-refractivity contribution in [2.45, 2.75) is 115 Å². The van der Waals surface area contributed by atoms with E-state index in [9.17, 15) is 9.90 Å². The van der Waals surface area contributed by atoms with E-state index in [1.54, 1.807) is 6.08 Å². The maximum Gasteiger partial charge on any atom is 0.303 e. The first-order valence-corrected chi connectivity index (χ1v) is 10.7. The average molecular weight is 371 g/mol. The van der Waals surface area contributed by atoms with E-state index in [0.29, 0.717) is 6.61 Å². The predicted molar refractivity (Wildman–Crippen MR) is 109 cm³/mol. The van der Waals surface area contributed by atoms with Crippen LogP contribution in [-0.4, -0.2) is 35.0 Å². The normalized spacial score (nSPS) is 13.5. The molecule has 2 unspecified atom stereocenters. The lowest BCUT2D eigenvalue weighted by Gasteiger charge is -2.23. The number of ether oxygens (including phenoxy) is 1. The third kappa shape index (κ3) is 16.6. The summed E-state index contributed by atoms with van der Waals surface area (Å²) in [5, 5.41) is 19.1. The third-order valence-electron chi connectivity index (χ3n) is 4.84. The number of aliphatic carboxylic acids is 1. The summed E-state index contributed by atoms with van der Waals surface area (Å²) in [5.74, 6) is -0.702. The van der Waals surface area contributed by atoms with Gasteiger partial charge in [-0.1, -0.05) is 83.6 Å². The van der Waals surface area contributed by atoms with Crippen molar-refractivity contribution in [1.82, 2.24) is 0 Å². The molecule has 0 aromatic carbocycles. The highest BCUT2D eigenvalue weighted by atomic mass is 16.5. The Balaban J connectivity index is 3.81. The maximum absolute atomic E-state index is 10.5. The first kappa shape index (κ1) is 25.1. The highest BCUT2D eigenvalue weighted by Gasteiger charge is 2.18. The zero-order valence-corrected chi connectivity index (χ0v) is 17.0. The van der Waals surface area contributed by atoms with Crippen molar-refractivity contribution < 1.29 is 19.7 Å². The van der Waals surface area contributed by atoms with E-state index in [-0.39, 0.29) is 18.6 Å². The van der Waals surface area contributed by atoms with Crippen LogP contribution in [-0.2, 0) is 9.53 Å². The highest BCUT2D eigenvalue weighted by Crippen LogP contribution is 2.18. The second kappa shape index (κ2) is 18.9. The molecule has 4 heteroatoms. The number of aliphatic hydroxyl groups is 1. The van der Waals surface area contributed by atoms with Gasteiger partial charge in [0.25, 0.3) is 0 Å². The van der Waals surface area contributed by atoms with Crippen LogP contribution >= 0.6 is 0 Å². The van der Waals surface area contributed by atoms with E-state index in [1.807, 2.05) is 0 Å². The summed E-state index contributed by atoms with van der Waals surface area (Å²) < 4.78 is 5.79. The van der Waals surface area contributed by atoms with Crippen LogP contribution < -0.4 is 0 Å². The topological polar surface area (TPSA) is 66.8 Å². The molecule has 0 aliphatic heterocycles. The molecule has 0 saturated carbocycles. The van der Waals surface area contributed by atoms with Gasteiger partial charge in [-0.25, -0.2) is 0 Å². The van der Waals surface area contributed by atoms with Crippen molar-refractivity contribution >= 4 is 5.97 Å². The Kier molecular flexibility index (Phi) is 18.3.